The molecule has 0 aromatic heterocycles. The molecule has 1 aromatic carbocycles. The average molecular weight is 820 g/mol. The van der Waals surface area contributed by atoms with E-state index < -0.39 is 106 Å². The van der Waals surface area contributed by atoms with E-state index >= 15 is 0 Å². The minimum atomic E-state index is -5.35. The summed E-state index contributed by atoms with van der Waals surface area (Å²) in [5.41, 5.74) is 5.86. The van der Waals surface area contributed by atoms with Crippen molar-refractivity contribution in [3.05, 3.63) is 35.9 Å². The molecule has 0 bridgehead atoms. The zero-order chi connectivity index (χ0) is 41.3. The maximum atomic E-state index is 13.8. The molecule has 4 atom stereocenters. The van der Waals surface area contributed by atoms with Gasteiger partial charge in [0.15, 0.2) is 11.4 Å². The molecule has 0 spiro atoms. The van der Waals surface area contributed by atoms with Gasteiger partial charge in [-0.05, 0) is 37.7 Å². The average Bonchev–Trinajstić information content (AvgIpc) is 3.08. The number of guanidine groups is 1. The van der Waals surface area contributed by atoms with Crippen LogP contribution < -0.4 is 43.0 Å². The molecule has 0 unspecified atom stereocenters. The first kappa shape index (κ1) is 46.2. The molecule has 1 aliphatic rings. The highest BCUT2D eigenvalue weighted by atomic mass is 31.2. The second-order valence-electron chi connectivity index (χ2n) is 12.5. The van der Waals surface area contributed by atoms with Gasteiger partial charge < -0.3 is 67.6 Å². The van der Waals surface area contributed by atoms with Crippen molar-refractivity contribution >= 4 is 62.6 Å². The Labute approximate surface area is 314 Å². The smallest absolute Gasteiger partial charge is 0.341 e. The van der Waals surface area contributed by atoms with E-state index in [4.69, 9.17) is 11.1 Å². The van der Waals surface area contributed by atoms with Gasteiger partial charge in [-0.1, -0.05) is 30.3 Å². The summed E-state index contributed by atoms with van der Waals surface area (Å²) >= 11 is 0. The topological polar surface area (TPSA) is 389 Å². The van der Waals surface area contributed by atoms with Gasteiger partial charge >= 0.3 is 21.2 Å². The van der Waals surface area contributed by atoms with Crippen molar-refractivity contribution < 1.29 is 67.4 Å². The number of carboxylic acids is 1. The number of unbranched alkanes of at least 4 members (excludes halogenated alkanes) is 1. The van der Waals surface area contributed by atoms with E-state index in [2.05, 4.69) is 37.2 Å². The molecule has 25 heteroatoms. The van der Waals surface area contributed by atoms with Crippen molar-refractivity contribution in [3.63, 3.8) is 0 Å². The number of rotatable bonds is 17. The van der Waals surface area contributed by atoms with Gasteiger partial charge in [0.05, 0.1) is 19.4 Å². The summed E-state index contributed by atoms with van der Waals surface area (Å²) in [6.45, 7) is -0.775. The number of carbonyl (C=O) groups excluding carboxylic acids is 6. The summed E-state index contributed by atoms with van der Waals surface area (Å²) < 4.78 is 23.0. The SMILES string of the molecule is N=C(N)NCCC[C@H]1NC(=O)[C@@H](CCCCNC(=O)CC(P(=O)(O)O)P(=O)(O)O)NC(=O)[C@H](Cc2ccccc2)NC(=O)[C@@H](CC(=O)O)NC(=O)CNC1=O. The lowest BCUT2D eigenvalue weighted by atomic mass is 10.0. The van der Waals surface area contributed by atoms with E-state index in [1.54, 1.807) is 30.3 Å². The van der Waals surface area contributed by atoms with E-state index in [0.29, 0.717) is 5.56 Å². The largest absolute Gasteiger partial charge is 0.481 e. The van der Waals surface area contributed by atoms with Crippen LogP contribution in [0.3, 0.4) is 0 Å². The van der Waals surface area contributed by atoms with Crippen LogP contribution in [0.15, 0.2) is 30.3 Å². The highest BCUT2D eigenvalue weighted by Crippen LogP contribution is 2.61. The molecular formula is C30H47N9O14P2. The number of nitrogens with two attached hydrogens (primary N) is 1. The molecule has 15 N–H and O–H groups in total. The Kier molecular flexibility index (Phi) is 18.4. The first-order chi connectivity index (χ1) is 25.7. The molecule has 306 valence electrons. The van der Waals surface area contributed by atoms with Gasteiger partial charge in [-0.2, -0.15) is 0 Å². The van der Waals surface area contributed by atoms with Crippen LogP contribution in [-0.2, 0) is 49.1 Å². The number of nitrogens with one attached hydrogen (secondary N) is 8. The lowest BCUT2D eigenvalue weighted by molar-refractivity contribution is -0.141. The van der Waals surface area contributed by atoms with Crippen molar-refractivity contribution in [2.45, 2.75) is 80.9 Å². The monoisotopic (exact) mass is 819 g/mol. The minimum absolute atomic E-state index is 0.0469. The van der Waals surface area contributed by atoms with Gasteiger partial charge in [-0.15, -0.1) is 0 Å². The lowest BCUT2D eigenvalue weighted by Crippen LogP contribution is -2.58. The Morgan fingerprint density at radius 3 is 1.87 bits per heavy atom. The molecule has 1 saturated heterocycles. The summed E-state index contributed by atoms with van der Waals surface area (Å²) in [4.78, 5) is 128. The predicted octanol–water partition coefficient (Wildman–Crippen LogP) is -3.61. The molecule has 1 fully saturated rings. The lowest BCUT2D eigenvalue weighted by Gasteiger charge is -2.26. The standard InChI is InChI=1S/C30H47N9O14P2/c31-30(32)34-12-6-10-18-26(44)35-16-23(41)36-21(14-24(42)43)29(47)39-20(13-17-7-2-1-3-8-17)28(46)38-19(27(45)37-18)9-4-5-11-33-22(40)15-25(54(48,49)50)55(51,52)53/h1-3,7-8,18-21,25H,4-6,9-16H2,(H,33,40)(H,35,44)(H,36,41)(H,37,45)(H,38,46)(H,39,47)(H,42,43)(H4,31,32,34)(H2,48,49,50)(H2,51,52,53)/t18-,19-,20+,21-/m1/s1. The van der Waals surface area contributed by atoms with E-state index in [9.17, 15) is 67.4 Å². The van der Waals surface area contributed by atoms with Gasteiger partial charge in [0.2, 0.25) is 35.4 Å². The molecule has 0 aliphatic carbocycles. The van der Waals surface area contributed by atoms with Gasteiger partial charge in [0, 0.05) is 19.5 Å². The number of benzene rings is 1. The van der Waals surface area contributed by atoms with E-state index in [1.807, 2.05) is 0 Å². The molecule has 2 rings (SSSR count). The summed E-state index contributed by atoms with van der Waals surface area (Å²) in [6.07, 6.45) is -2.04. The zero-order valence-electron chi connectivity index (χ0n) is 29.4. The third-order valence-corrected chi connectivity index (χ3v) is 11.7. The van der Waals surface area contributed by atoms with Gasteiger partial charge in [-0.25, -0.2) is 0 Å². The number of carbonyl (C=O) groups is 7. The predicted molar refractivity (Wildman–Crippen MR) is 192 cm³/mol. The number of hydrogen-bond acceptors (Lipinski definition) is 10. The van der Waals surface area contributed by atoms with Crippen LogP contribution in [-0.4, -0.2) is 121 Å². The van der Waals surface area contributed by atoms with Crippen LogP contribution in [0.25, 0.3) is 0 Å². The van der Waals surface area contributed by atoms with Crippen molar-refractivity contribution in [2.24, 2.45) is 5.73 Å². The van der Waals surface area contributed by atoms with Crippen LogP contribution in [0.4, 0.5) is 0 Å². The third-order valence-electron chi connectivity index (χ3n) is 8.01. The Morgan fingerprint density at radius 2 is 1.29 bits per heavy atom. The Balaban J connectivity index is 2.37. The fraction of sp³-hybridized carbons (Fsp3) is 0.533. The Bertz CT molecular complexity index is 1630. The first-order valence-corrected chi connectivity index (χ1v) is 20.2. The normalized spacial score (nSPS) is 20.4. The highest BCUT2D eigenvalue weighted by molar-refractivity contribution is 7.70. The minimum Gasteiger partial charge on any atom is -0.481 e. The van der Waals surface area contributed by atoms with Crippen LogP contribution in [0, 0.1) is 5.41 Å². The van der Waals surface area contributed by atoms with Crippen LogP contribution in [0.2, 0.25) is 0 Å². The van der Waals surface area contributed by atoms with Gasteiger partial charge in [-0.3, -0.25) is 48.1 Å². The number of carboxylic acid groups (broad SMARTS) is 1. The fourth-order valence-corrected chi connectivity index (χ4v) is 7.61. The van der Waals surface area contributed by atoms with Gasteiger partial charge in [0.1, 0.15) is 24.2 Å². The van der Waals surface area contributed by atoms with Crippen molar-refractivity contribution in [1.82, 2.24) is 37.2 Å². The zero-order valence-corrected chi connectivity index (χ0v) is 31.2. The van der Waals surface area contributed by atoms with E-state index in [1.165, 1.54) is 0 Å². The van der Waals surface area contributed by atoms with Crippen LogP contribution >= 0.6 is 15.2 Å². The number of hydrogen-bond donors (Lipinski definition) is 14. The van der Waals surface area contributed by atoms with Crippen molar-refractivity contribution in [3.8, 4) is 0 Å². The summed E-state index contributed by atoms with van der Waals surface area (Å²) in [5.74, 6) is -7.47. The maximum Gasteiger partial charge on any atom is 0.341 e. The quantitative estimate of drug-likeness (QED) is 0.0312. The molecule has 6 amide bonds. The second kappa shape index (κ2) is 21.8. The molecule has 1 aromatic rings. The molecule has 1 heterocycles. The summed E-state index contributed by atoms with van der Waals surface area (Å²) in [7, 11) is -10.7. The molecule has 23 nitrogen and oxygen atoms in total. The molecule has 0 saturated carbocycles. The first-order valence-electron chi connectivity index (χ1n) is 16.9. The molecule has 55 heavy (non-hydrogen) atoms. The fourth-order valence-electron chi connectivity index (χ4n) is 5.24. The van der Waals surface area contributed by atoms with Crippen LogP contribution in [0.1, 0.15) is 50.5 Å². The van der Waals surface area contributed by atoms with Gasteiger partial charge in [0.25, 0.3) is 0 Å². The second-order valence-corrected chi connectivity index (χ2v) is 16.5. The van der Waals surface area contributed by atoms with E-state index in [0.717, 1.165) is 0 Å². The van der Waals surface area contributed by atoms with Crippen LogP contribution in [0.5, 0.6) is 0 Å². The summed E-state index contributed by atoms with van der Waals surface area (Å²) in [5, 5.41) is 31.1. The maximum absolute atomic E-state index is 13.8. The Hall–Kier alpha value is -4.92. The highest BCUT2D eigenvalue weighted by Gasteiger charge is 2.44. The molecule has 1 aliphatic heterocycles. The summed E-state index contributed by atoms with van der Waals surface area (Å²) in [6, 6.07) is 2.56. The Morgan fingerprint density at radius 1 is 0.764 bits per heavy atom. The molecule has 0 radical (unpaired) electrons. The van der Waals surface area contributed by atoms with Crippen molar-refractivity contribution in [1.29, 1.82) is 5.41 Å². The number of amides is 6. The number of aliphatic carboxylic acids is 1. The molecular weight excluding hydrogens is 772 g/mol. The van der Waals surface area contributed by atoms with Crippen molar-refractivity contribution in [2.75, 3.05) is 19.6 Å². The third kappa shape index (κ3) is 17.4. The van der Waals surface area contributed by atoms with E-state index in [-0.39, 0.29) is 57.6 Å².